The molecule has 1 aliphatic carbocycles. The molecule has 0 amide bonds. The highest BCUT2D eigenvalue weighted by Crippen LogP contribution is 2.23. The first-order chi connectivity index (χ1) is 12.6. The highest BCUT2D eigenvalue weighted by Gasteiger charge is 2.11. The van der Waals surface area contributed by atoms with E-state index in [4.69, 9.17) is 26.2 Å². The minimum Gasteiger partial charge on any atom is -0.472 e. The van der Waals surface area contributed by atoms with Crippen LogP contribution in [0.1, 0.15) is 52.4 Å². The number of allylic oxidation sites excluding steroid dienone is 1. The van der Waals surface area contributed by atoms with E-state index in [1.807, 2.05) is 13.8 Å². The second kappa shape index (κ2) is 12.9. The summed E-state index contributed by atoms with van der Waals surface area (Å²) in [6, 6.07) is 0. The number of aliphatic hydroxyl groups is 1. The summed E-state index contributed by atoms with van der Waals surface area (Å²) in [5.74, 6) is 0.163. The van der Waals surface area contributed by atoms with Crippen LogP contribution >= 0.6 is 11.6 Å². The topological polar surface area (TPSA) is 73.6 Å². The first-order valence-electron chi connectivity index (χ1n) is 9.35. The third-order valence-electron chi connectivity index (χ3n) is 4.23. The van der Waals surface area contributed by atoms with Crippen molar-refractivity contribution < 1.29 is 14.6 Å². The normalized spacial score (nSPS) is 15.0. The van der Waals surface area contributed by atoms with Crippen molar-refractivity contribution >= 4 is 11.6 Å². The van der Waals surface area contributed by atoms with Crippen LogP contribution in [-0.2, 0) is 11.3 Å². The standard InChI is InChI=1S/C17H25ClN2O4.C2H6/c1-23-14(12-21)7-9-20-11-15(18)16(19-17(20)22)24-10-8-13-5-3-2-4-6-13;1-2/h8,11,14,21H,2-7,9-10,12H2,1H3;1-2H3. The third kappa shape index (κ3) is 7.48. The quantitative estimate of drug-likeness (QED) is 0.691. The van der Waals surface area contributed by atoms with Crippen molar-refractivity contribution in [2.45, 2.75) is 65.0 Å². The van der Waals surface area contributed by atoms with E-state index < -0.39 is 5.69 Å². The Morgan fingerprint density at radius 1 is 1.35 bits per heavy atom. The molecular weight excluding hydrogens is 356 g/mol. The zero-order chi connectivity index (χ0) is 19.4. The smallest absolute Gasteiger partial charge is 0.350 e. The number of rotatable bonds is 8. The highest BCUT2D eigenvalue weighted by atomic mass is 35.5. The zero-order valence-electron chi connectivity index (χ0n) is 16.0. The molecule has 1 heterocycles. The summed E-state index contributed by atoms with van der Waals surface area (Å²) in [7, 11) is 1.52. The predicted molar refractivity (Wildman–Crippen MR) is 104 cm³/mol. The molecule has 0 bridgehead atoms. The molecule has 0 saturated heterocycles. The van der Waals surface area contributed by atoms with Gasteiger partial charge < -0.3 is 14.6 Å². The minimum atomic E-state index is -0.424. The first kappa shape index (κ1) is 22.7. The lowest BCUT2D eigenvalue weighted by Crippen LogP contribution is -2.26. The predicted octanol–water partition coefficient (Wildman–Crippen LogP) is 3.59. The Labute approximate surface area is 160 Å². The Hall–Kier alpha value is -1.37. The molecule has 0 aliphatic heterocycles. The largest absolute Gasteiger partial charge is 0.472 e. The minimum absolute atomic E-state index is 0.0950. The van der Waals surface area contributed by atoms with Crippen molar-refractivity contribution in [1.29, 1.82) is 0 Å². The Morgan fingerprint density at radius 3 is 2.65 bits per heavy atom. The first-order valence-corrected chi connectivity index (χ1v) is 9.73. The van der Waals surface area contributed by atoms with Gasteiger partial charge in [0.25, 0.3) is 0 Å². The van der Waals surface area contributed by atoms with Gasteiger partial charge in [-0.05, 0) is 38.2 Å². The van der Waals surface area contributed by atoms with Gasteiger partial charge in [-0.15, -0.1) is 0 Å². The Kier molecular flexibility index (Phi) is 11.2. The van der Waals surface area contributed by atoms with Crippen LogP contribution in [0.3, 0.4) is 0 Å². The average molecular weight is 387 g/mol. The molecule has 1 fully saturated rings. The SMILES string of the molecule is CC.COC(CO)CCn1cc(Cl)c(OCC=C2CCCCC2)nc1=O. The van der Waals surface area contributed by atoms with Gasteiger partial charge in [-0.2, -0.15) is 4.98 Å². The summed E-state index contributed by atoms with van der Waals surface area (Å²) in [4.78, 5) is 15.9. The molecule has 148 valence electrons. The Balaban J connectivity index is 0.00000163. The summed E-state index contributed by atoms with van der Waals surface area (Å²) in [6.45, 7) is 4.65. The van der Waals surface area contributed by atoms with E-state index in [0.29, 0.717) is 24.6 Å². The van der Waals surface area contributed by atoms with Gasteiger partial charge in [0, 0.05) is 19.9 Å². The number of ether oxygens (including phenoxy) is 2. The van der Waals surface area contributed by atoms with Crippen molar-refractivity contribution in [1.82, 2.24) is 9.55 Å². The second-order valence-corrected chi connectivity index (χ2v) is 6.34. The van der Waals surface area contributed by atoms with Gasteiger partial charge in [0.1, 0.15) is 11.6 Å². The molecule has 1 saturated carbocycles. The number of halogens is 1. The third-order valence-corrected chi connectivity index (χ3v) is 4.49. The molecule has 1 unspecified atom stereocenters. The Morgan fingerprint density at radius 2 is 2.04 bits per heavy atom. The maximum atomic E-state index is 12.0. The molecule has 26 heavy (non-hydrogen) atoms. The van der Waals surface area contributed by atoms with E-state index in [-0.39, 0.29) is 18.6 Å². The maximum absolute atomic E-state index is 12.0. The number of methoxy groups -OCH3 is 1. The van der Waals surface area contributed by atoms with Crippen LogP contribution in [-0.4, -0.2) is 41.1 Å². The maximum Gasteiger partial charge on any atom is 0.350 e. The average Bonchev–Trinajstić information content (AvgIpc) is 2.68. The number of aromatic nitrogens is 2. The summed E-state index contributed by atoms with van der Waals surface area (Å²) in [5, 5.41) is 9.40. The molecule has 1 aromatic heterocycles. The fourth-order valence-electron chi connectivity index (χ4n) is 2.73. The number of aliphatic hydroxyl groups excluding tert-OH is 1. The summed E-state index contributed by atoms with van der Waals surface area (Å²) in [5.41, 5.74) is 0.979. The van der Waals surface area contributed by atoms with Crippen molar-refractivity contribution in [2.24, 2.45) is 0 Å². The van der Waals surface area contributed by atoms with Crippen molar-refractivity contribution in [3.8, 4) is 5.88 Å². The van der Waals surface area contributed by atoms with Gasteiger partial charge >= 0.3 is 5.69 Å². The van der Waals surface area contributed by atoms with Gasteiger partial charge in [0.05, 0.1) is 12.7 Å². The molecule has 0 spiro atoms. The van der Waals surface area contributed by atoms with Crippen LogP contribution in [0.25, 0.3) is 0 Å². The number of hydrogen-bond acceptors (Lipinski definition) is 5. The van der Waals surface area contributed by atoms with Crippen LogP contribution in [0.5, 0.6) is 5.88 Å². The van der Waals surface area contributed by atoms with Crippen LogP contribution in [0.4, 0.5) is 0 Å². The molecule has 6 nitrogen and oxygen atoms in total. The van der Waals surface area contributed by atoms with E-state index in [2.05, 4.69) is 11.1 Å². The van der Waals surface area contributed by atoms with Gasteiger partial charge in [0.15, 0.2) is 0 Å². The van der Waals surface area contributed by atoms with Gasteiger partial charge in [-0.1, -0.05) is 37.4 Å². The monoisotopic (exact) mass is 386 g/mol. The summed E-state index contributed by atoms with van der Waals surface area (Å²) >= 11 is 6.16. The van der Waals surface area contributed by atoms with Crippen LogP contribution < -0.4 is 10.4 Å². The molecule has 1 N–H and O–H groups in total. The molecule has 7 heteroatoms. The molecule has 1 aliphatic rings. The van der Waals surface area contributed by atoms with E-state index in [1.54, 1.807) is 0 Å². The lowest BCUT2D eigenvalue weighted by atomic mass is 9.95. The van der Waals surface area contributed by atoms with E-state index in [1.165, 1.54) is 42.7 Å². The van der Waals surface area contributed by atoms with Crippen molar-refractivity contribution in [3.63, 3.8) is 0 Å². The number of nitrogens with zero attached hydrogens (tertiary/aromatic N) is 2. The fraction of sp³-hybridized carbons (Fsp3) is 0.684. The van der Waals surface area contributed by atoms with Gasteiger partial charge in [-0.3, -0.25) is 4.57 Å². The van der Waals surface area contributed by atoms with Gasteiger partial charge in [-0.25, -0.2) is 4.79 Å². The molecule has 0 radical (unpaired) electrons. The number of hydrogen-bond donors (Lipinski definition) is 1. The van der Waals surface area contributed by atoms with Crippen LogP contribution in [0.15, 0.2) is 22.6 Å². The fourth-order valence-corrected chi connectivity index (χ4v) is 2.94. The highest BCUT2D eigenvalue weighted by molar-refractivity contribution is 6.31. The van der Waals surface area contributed by atoms with Crippen LogP contribution in [0.2, 0.25) is 5.02 Å². The molecular formula is C19H31ClN2O4. The van der Waals surface area contributed by atoms with Crippen molar-refractivity contribution in [3.05, 3.63) is 33.4 Å². The van der Waals surface area contributed by atoms with Crippen molar-refractivity contribution in [2.75, 3.05) is 20.3 Å². The zero-order valence-corrected chi connectivity index (χ0v) is 16.8. The molecule has 1 aromatic rings. The lowest BCUT2D eigenvalue weighted by molar-refractivity contribution is 0.0401. The summed E-state index contributed by atoms with van der Waals surface area (Å²) < 4.78 is 12.0. The van der Waals surface area contributed by atoms with E-state index >= 15 is 0 Å². The lowest BCUT2D eigenvalue weighted by Gasteiger charge is -2.14. The molecule has 2 rings (SSSR count). The Bertz CT molecular complexity index is 604. The van der Waals surface area contributed by atoms with E-state index in [0.717, 1.165) is 12.8 Å². The number of aryl methyl sites for hydroxylation is 1. The summed E-state index contributed by atoms with van der Waals surface area (Å²) in [6.07, 6.45) is 9.77. The second-order valence-electron chi connectivity index (χ2n) is 5.93. The van der Waals surface area contributed by atoms with Gasteiger partial charge in [0.2, 0.25) is 5.88 Å². The molecule has 1 atom stereocenters. The molecule has 0 aromatic carbocycles. The van der Waals surface area contributed by atoms with Crippen LogP contribution in [0, 0.1) is 0 Å². The van der Waals surface area contributed by atoms with E-state index in [9.17, 15) is 4.79 Å².